The van der Waals surface area contributed by atoms with Gasteiger partial charge in [0.25, 0.3) is 10.0 Å². The molecule has 32 heavy (non-hydrogen) atoms. The number of sulfonamides is 1. The number of hydrogen-bond donors (Lipinski definition) is 1. The van der Waals surface area contributed by atoms with E-state index in [1.54, 1.807) is 22.7 Å². The first kappa shape index (κ1) is 22.4. The van der Waals surface area contributed by atoms with Gasteiger partial charge in [0.15, 0.2) is 0 Å². The van der Waals surface area contributed by atoms with Crippen LogP contribution in [-0.4, -0.2) is 20.1 Å². The predicted octanol–water partition coefficient (Wildman–Crippen LogP) is 5.50. The lowest BCUT2D eigenvalue weighted by Gasteiger charge is -2.25. The van der Waals surface area contributed by atoms with E-state index < -0.39 is 10.0 Å². The molecule has 4 rings (SSSR count). The molecule has 5 nitrogen and oxygen atoms in total. The number of nitrogens with zero attached hydrogens (tertiary/aromatic N) is 1. The molecule has 0 spiro atoms. The molecule has 0 aromatic heterocycles. The van der Waals surface area contributed by atoms with E-state index in [9.17, 15) is 13.2 Å². The maximum Gasteiger partial charge on any atom is 0.262 e. The lowest BCUT2D eigenvalue weighted by molar-refractivity contribution is -0.115. The summed E-state index contributed by atoms with van der Waals surface area (Å²) in [5.41, 5.74) is 5.74. The normalized spacial score (nSPS) is 16.4. The van der Waals surface area contributed by atoms with Crippen LogP contribution in [-0.2, 0) is 14.8 Å². The third-order valence-corrected chi connectivity index (χ3v) is 8.34. The molecule has 1 aliphatic rings. The molecule has 7 heteroatoms. The molecule has 1 unspecified atom stereocenters. The van der Waals surface area contributed by atoms with E-state index in [4.69, 9.17) is 0 Å². The number of aryl methyl sites for hydroxylation is 4. The van der Waals surface area contributed by atoms with Crippen LogP contribution in [0.15, 0.2) is 65.6 Å². The zero-order valence-corrected chi connectivity index (χ0v) is 20.2. The fraction of sp³-hybridized carbons (Fsp3) is 0.240. The van der Waals surface area contributed by atoms with E-state index in [1.807, 2.05) is 82.3 Å². The van der Waals surface area contributed by atoms with Crippen LogP contribution in [0.25, 0.3) is 0 Å². The first-order valence-corrected chi connectivity index (χ1v) is 12.9. The zero-order valence-electron chi connectivity index (χ0n) is 18.5. The molecule has 0 radical (unpaired) electrons. The predicted molar refractivity (Wildman–Crippen MR) is 132 cm³/mol. The Bertz CT molecular complexity index is 1280. The number of benzene rings is 3. The molecule has 0 aliphatic carbocycles. The molecule has 3 aromatic carbocycles. The summed E-state index contributed by atoms with van der Waals surface area (Å²) in [5, 5.41) is -0.211. The molecule has 166 valence electrons. The Balaban J connectivity index is 1.66. The Hall–Kier alpha value is -2.77. The third kappa shape index (κ3) is 4.40. The van der Waals surface area contributed by atoms with Crippen molar-refractivity contribution >= 4 is 39.1 Å². The highest BCUT2D eigenvalue weighted by Gasteiger charge is 2.34. The van der Waals surface area contributed by atoms with E-state index in [2.05, 4.69) is 4.72 Å². The molecule has 1 aliphatic heterocycles. The van der Waals surface area contributed by atoms with E-state index in [-0.39, 0.29) is 11.3 Å². The van der Waals surface area contributed by atoms with E-state index in [0.29, 0.717) is 27.5 Å². The summed E-state index contributed by atoms with van der Waals surface area (Å²) in [6.45, 7) is 7.57. The van der Waals surface area contributed by atoms with Crippen molar-refractivity contribution in [3.05, 3.63) is 88.5 Å². The van der Waals surface area contributed by atoms with Gasteiger partial charge in [0.1, 0.15) is 5.37 Å². The Morgan fingerprint density at radius 1 is 0.906 bits per heavy atom. The molecule has 3 aromatic rings. The van der Waals surface area contributed by atoms with Crippen molar-refractivity contribution in [3.63, 3.8) is 0 Å². The van der Waals surface area contributed by atoms with Gasteiger partial charge in [-0.15, -0.1) is 11.8 Å². The number of rotatable bonds is 5. The minimum atomic E-state index is -3.75. The van der Waals surface area contributed by atoms with Crippen LogP contribution < -0.4 is 9.62 Å². The van der Waals surface area contributed by atoms with Gasteiger partial charge in [0.2, 0.25) is 5.91 Å². The number of thioether (sulfide) groups is 1. The SMILES string of the molecule is Cc1cccc(N2C(=O)CSC2c2cccc(NS(=O)(=O)c3c(C)cc(C)cc3C)c2)c1. The van der Waals surface area contributed by atoms with E-state index >= 15 is 0 Å². The monoisotopic (exact) mass is 466 g/mol. The third-order valence-electron chi connectivity index (χ3n) is 5.45. The van der Waals surface area contributed by atoms with Crippen molar-refractivity contribution in [1.29, 1.82) is 0 Å². The molecular weight excluding hydrogens is 440 g/mol. The van der Waals surface area contributed by atoms with Crippen LogP contribution in [0.3, 0.4) is 0 Å². The molecule has 1 fully saturated rings. The summed E-state index contributed by atoms with van der Waals surface area (Å²) >= 11 is 1.54. The fourth-order valence-corrected chi connectivity index (χ4v) is 6.95. The van der Waals surface area contributed by atoms with Crippen LogP contribution in [0.1, 0.15) is 33.2 Å². The number of amides is 1. The standard InChI is InChI=1S/C25H26N2O3S2/c1-16-7-5-10-22(13-16)27-23(28)15-31-25(27)20-8-6-9-21(14-20)26-32(29,30)24-18(3)11-17(2)12-19(24)4/h5-14,25-26H,15H2,1-4H3. The first-order valence-electron chi connectivity index (χ1n) is 10.4. The molecular formula is C25H26N2O3S2. The lowest BCUT2D eigenvalue weighted by atomic mass is 10.1. The Kier molecular flexibility index (Phi) is 6.05. The van der Waals surface area contributed by atoms with Crippen LogP contribution in [0.5, 0.6) is 0 Å². The number of anilines is 2. The van der Waals surface area contributed by atoms with Crippen LogP contribution in [0.4, 0.5) is 11.4 Å². The topological polar surface area (TPSA) is 66.5 Å². The zero-order chi connectivity index (χ0) is 23.0. The smallest absolute Gasteiger partial charge is 0.262 e. The number of hydrogen-bond acceptors (Lipinski definition) is 4. The van der Waals surface area contributed by atoms with Gasteiger partial charge in [-0.1, -0.05) is 42.0 Å². The average Bonchev–Trinajstić information content (AvgIpc) is 3.08. The molecule has 1 N–H and O–H groups in total. The van der Waals surface area contributed by atoms with Gasteiger partial charge in [0.05, 0.1) is 10.6 Å². The van der Waals surface area contributed by atoms with Gasteiger partial charge < -0.3 is 0 Å². The molecule has 0 bridgehead atoms. The van der Waals surface area contributed by atoms with Crippen molar-refractivity contribution in [2.24, 2.45) is 0 Å². The Morgan fingerprint density at radius 3 is 2.28 bits per heavy atom. The second kappa shape index (κ2) is 8.64. The summed E-state index contributed by atoms with van der Waals surface area (Å²) in [4.78, 5) is 14.8. The highest BCUT2D eigenvalue weighted by atomic mass is 32.2. The van der Waals surface area contributed by atoms with Gasteiger partial charge >= 0.3 is 0 Å². The molecule has 0 saturated carbocycles. The second-order valence-corrected chi connectivity index (χ2v) is 10.9. The van der Waals surface area contributed by atoms with Crippen LogP contribution in [0, 0.1) is 27.7 Å². The largest absolute Gasteiger partial charge is 0.295 e. The van der Waals surface area contributed by atoms with Gasteiger partial charge in [0, 0.05) is 11.4 Å². The van der Waals surface area contributed by atoms with E-state index in [0.717, 1.165) is 22.4 Å². The summed E-state index contributed by atoms with van der Waals surface area (Å²) in [6.07, 6.45) is 0. The second-order valence-electron chi connectivity index (χ2n) is 8.22. The van der Waals surface area contributed by atoms with E-state index in [1.165, 1.54) is 0 Å². The van der Waals surface area contributed by atoms with Crippen LogP contribution in [0.2, 0.25) is 0 Å². The first-order chi connectivity index (χ1) is 15.2. The Labute approximate surface area is 193 Å². The minimum absolute atomic E-state index is 0.0440. The van der Waals surface area contributed by atoms with Crippen LogP contribution >= 0.6 is 11.8 Å². The van der Waals surface area contributed by atoms with Crippen molar-refractivity contribution in [1.82, 2.24) is 0 Å². The number of carbonyl (C=O) groups excluding carboxylic acids is 1. The van der Waals surface area contributed by atoms with Crippen molar-refractivity contribution in [2.45, 2.75) is 38.0 Å². The van der Waals surface area contributed by atoms with Gasteiger partial charge in [-0.25, -0.2) is 8.42 Å². The molecule has 1 heterocycles. The highest BCUT2D eigenvalue weighted by molar-refractivity contribution is 8.00. The van der Waals surface area contributed by atoms with Gasteiger partial charge in [-0.3, -0.25) is 14.4 Å². The number of nitrogens with one attached hydrogen (secondary N) is 1. The lowest BCUT2D eigenvalue weighted by Crippen LogP contribution is -2.27. The Morgan fingerprint density at radius 2 is 1.59 bits per heavy atom. The summed E-state index contributed by atoms with van der Waals surface area (Å²) in [7, 11) is -3.75. The maximum absolute atomic E-state index is 13.2. The average molecular weight is 467 g/mol. The number of carbonyl (C=O) groups is 1. The summed E-state index contributed by atoms with van der Waals surface area (Å²) in [6, 6.07) is 18.9. The minimum Gasteiger partial charge on any atom is -0.295 e. The highest BCUT2D eigenvalue weighted by Crippen LogP contribution is 2.42. The fourth-order valence-electron chi connectivity index (χ4n) is 4.28. The molecule has 1 amide bonds. The molecule has 1 saturated heterocycles. The van der Waals surface area contributed by atoms with Crippen molar-refractivity contribution in [3.8, 4) is 0 Å². The summed E-state index contributed by atoms with van der Waals surface area (Å²) in [5.74, 6) is 0.429. The van der Waals surface area contributed by atoms with Gasteiger partial charge in [-0.2, -0.15) is 0 Å². The maximum atomic E-state index is 13.2. The van der Waals surface area contributed by atoms with Gasteiger partial charge in [-0.05, 0) is 74.2 Å². The van der Waals surface area contributed by atoms with Crippen molar-refractivity contribution < 1.29 is 13.2 Å². The van der Waals surface area contributed by atoms with Crippen molar-refractivity contribution in [2.75, 3.05) is 15.4 Å². The summed E-state index contributed by atoms with van der Waals surface area (Å²) < 4.78 is 29.1. The molecule has 1 atom stereocenters. The quantitative estimate of drug-likeness (QED) is 0.539.